The van der Waals surface area contributed by atoms with Crippen molar-refractivity contribution in [2.45, 2.75) is 50.2 Å². The number of benzene rings is 1. The maximum Gasteiger partial charge on any atom is 0.250 e. The van der Waals surface area contributed by atoms with E-state index in [0.717, 1.165) is 0 Å². The van der Waals surface area contributed by atoms with Gasteiger partial charge in [-0.1, -0.05) is 23.9 Å². The molecule has 25 heavy (non-hydrogen) atoms. The summed E-state index contributed by atoms with van der Waals surface area (Å²) in [6, 6.07) is 7.30. The molecule has 3 rings (SSSR count). The van der Waals surface area contributed by atoms with Crippen LogP contribution in [0.25, 0.3) is 0 Å². The van der Waals surface area contributed by atoms with E-state index in [1.807, 2.05) is 25.1 Å². The van der Waals surface area contributed by atoms with Crippen LogP contribution in [0.5, 0.6) is 0 Å². The minimum absolute atomic E-state index is 0.164. The summed E-state index contributed by atoms with van der Waals surface area (Å²) in [5.74, 6) is -0.377. The van der Waals surface area contributed by atoms with Gasteiger partial charge in [0.2, 0.25) is 17.0 Å². The first kappa shape index (κ1) is 17.4. The largest absolute Gasteiger partial charge is 0.322 e. The van der Waals surface area contributed by atoms with Crippen LogP contribution in [-0.4, -0.2) is 42.8 Å². The van der Waals surface area contributed by atoms with Crippen LogP contribution in [0.2, 0.25) is 0 Å². The number of aryl methyl sites for hydroxylation is 1. The van der Waals surface area contributed by atoms with Crippen LogP contribution in [0.4, 0.5) is 11.4 Å². The molecule has 0 fully saturated rings. The van der Waals surface area contributed by atoms with Crippen LogP contribution in [0.15, 0.2) is 29.4 Å². The van der Waals surface area contributed by atoms with E-state index in [2.05, 4.69) is 20.8 Å². The van der Waals surface area contributed by atoms with E-state index in [9.17, 15) is 9.59 Å². The molecule has 8 nitrogen and oxygen atoms in total. The Hall–Kier alpha value is -2.42. The van der Waals surface area contributed by atoms with Gasteiger partial charge in [0.15, 0.2) is 0 Å². The number of hydrogen-bond donors (Lipinski definition) is 1. The summed E-state index contributed by atoms with van der Waals surface area (Å²) < 4.78 is 1.64. The van der Waals surface area contributed by atoms with Crippen molar-refractivity contribution < 1.29 is 9.59 Å². The van der Waals surface area contributed by atoms with Gasteiger partial charge in [-0.2, -0.15) is 0 Å². The molecule has 1 atom stereocenters. The third-order valence-corrected chi connectivity index (χ3v) is 5.22. The van der Waals surface area contributed by atoms with E-state index in [4.69, 9.17) is 0 Å². The monoisotopic (exact) mass is 360 g/mol. The Morgan fingerprint density at radius 3 is 2.80 bits per heavy atom. The van der Waals surface area contributed by atoms with Gasteiger partial charge in [-0.15, -0.1) is 5.10 Å². The lowest BCUT2D eigenvalue weighted by Crippen LogP contribution is -2.60. The molecule has 132 valence electrons. The van der Waals surface area contributed by atoms with Crippen LogP contribution >= 0.6 is 11.8 Å². The molecule has 0 aliphatic carbocycles. The van der Waals surface area contributed by atoms with Crippen LogP contribution < -0.4 is 10.2 Å². The minimum atomic E-state index is -0.989. The lowest BCUT2D eigenvalue weighted by atomic mass is 9.96. The van der Waals surface area contributed by atoms with E-state index >= 15 is 0 Å². The summed E-state index contributed by atoms with van der Waals surface area (Å²) in [6.07, 6.45) is 0. The molecule has 2 heterocycles. The van der Waals surface area contributed by atoms with Crippen LogP contribution in [0, 0.1) is 0 Å². The SMILES string of the molecule is CCn1nnnc1SC(C)C(=O)N1c2ccccc2NC(=O)C1(C)C. The number of nitrogens with zero attached hydrogens (tertiary/aromatic N) is 5. The number of carbonyl (C=O) groups is 2. The molecule has 1 aliphatic rings. The molecule has 2 aromatic rings. The Labute approximate surface area is 150 Å². The molecule has 1 aliphatic heterocycles. The zero-order chi connectivity index (χ0) is 18.2. The Morgan fingerprint density at radius 1 is 1.36 bits per heavy atom. The van der Waals surface area contributed by atoms with Gasteiger partial charge in [0.1, 0.15) is 5.54 Å². The number of anilines is 2. The molecular weight excluding hydrogens is 340 g/mol. The van der Waals surface area contributed by atoms with Crippen molar-refractivity contribution in [3.63, 3.8) is 0 Å². The maximum absolute atomic E-state index is 13.2. The molecule has 1 aromatic heterocycles. The van der Waals surface area contributed by atoms with Gasteiger partial charge >= 0.3 is 0 Å². The number of amides is 2. The number of carbonyl (C=O) groups excluding carboxylic acids is 2. The second-order valence-electron chi connectivity index (χ2n) is 6.24. The number of fused-ring (bicyclic) bond motifs is 1. The summed E-state index contributed by atoms with van der Waals surface area (Å²) in [6.45, 7) is 7.83. The van der Waals surface area contributed by atoms with E-state index in [1.54, 1.807) is 36.4 Å². The maximum atomic E-state index is 13.2. The van der Waals surface area contributed by atoms with Crippen molar-refractivity contribution in [1.82, 2.24) is 20.2 Å². The lowest BCUT2D eigenvalue weighted by Gasteiger charge is -2.42. The number of nitrogens with one attached hydrogen (secondary N) is 1. The summed E-state index contributed by atoms with van der Waals surface area (Å²) >= 11 is 1.28. The zero-order valence-corrected chi connectivity index (χ0v) is 15.4. The molecule has 2 amide bonds. The van der Waals surface area contributed by atoms with E-state index in [1.165, 1.54) is 11.8 Å². The first-order valence-corrected chi connectivity index (χ1v) is 8.91. The quantitative estimate of drug-likeness (QED) is 0.838. The molecule has 0 spiro atoms. The molecule has 0 saturated carbocycles. The van der Waals surface area contributed by atoms with Gasteiger partial charge in [0.25, 0.3) is 0 Å². The standard InChI is InChI=1S/C16H20N6O2S/c1-5-21-15(18-19-20-21)25-10(2)13(23)22-12-9-7-6-8-11(12)17-14(24)16(22,3)4/h6-10H,5H2,1-4H3,(H,17,24). The van der Waals surface area contributed by atoms with Crippen molar-refractivity contribution >= 4 is 35.0 Å². The number of thioether (sulfide) groups is 1. The fourth-order valence-corrected chi connectivity index (χ4v) is 3.61. The van der Waals surface area contributed by atoms with Crippen LogP contribution in [0.3, 0.4) is 0 Å². The summed E-state index contributed by atoms with van der Waals surface area (Å²) in [7, 11) is 0. The highest BCUT2D eigenvalue weighted by Gasteiger charge is 2.44. The second-order valence-corrected chi connectivity index (χ2v) is 7.55. The normalized spacial score (nSPS) is 17.0. The predicted molar refractivity (Wildman–Crippen MR) is 95.4 cm³/mol. The fraction of sp³-hybridized carbons (Fsp3) is 0.438. The van der Waals surface area contributed by atoms with Crippen LogP contribution in [-0.2, 0) is 16.1 Å². The lowest BCUT2D eigenvalue weighted by molar-refractivity contribution is -0.126. The van der Waals surface area contributed by atoms with Gasteiger partial charge in [-0.25, -0.2) is 4.68 Å². The van der Waals surface area contributed by atoms with Crippen LogP contribution in [0.1, 0.15) is 27.7 Å². The number of aromatic nitrogens is 4. The summed E-state index contributed by atoms with van der Waals surface area (Å²) in [5, 5.41) is 14.5. The molecule has 9 heteroatoms. The topological polar surface area (TPSA) is 93.0 Å². The minimum Gasteiger partial charge on any atom is -0.322 e. The van der Waals surface area contributed by atoms with Crippen molar-refractivity contribution in [3.05, 3.63) is 24.3 Å². The van der Waals surface area contributed by atoms with Crippen molar-refractivity contribution in [1.29, 1.82) is 0 Å². The van der Waals surface area contributed by atoms with Gasteiger partial charge < -0.3 is 5.32 Å². The van der Waals surface area contributed by atoms with Crippen molar-refractivity contribution in [3.8, 4) is 0 Å². The smallest absolute Gasteiger partial charge is 0.250 e. The van der Waals surface area contributed by atoms with Crippen molar-refractivity contribution in [2.24, 2.45) is 0 Å². The summed E-state index contributed by atoms with van der Waals surface area (Å²) in [5.41, 5.74) is 0.340. The van der Waals surface area contributed by atoms with Gasteiger partial charge in [0, 0.05) is 6.54 Å². The highest BCUT2D eigenvalue weighted by molar-refractivity contribution is 8.00. The number of para-hydroxylation sites is 2. The molecule has 1 aromatic carbocycles. The predicted octanol–water partition coefficient (Wildman–Crippen LogP) is 1.94. The molecular formula is C16H20N6O2S. The average molecular weight is 360 g/mol. The van der Waals surface area contributed by atoms with E-state index in [0.29, 0.717) is 23.1 Å². The highest BCUT2D eigenvalue weighted by Crippen LogP contribution is 2.38. The first-order valence-electron chi connectivity index (χ1n) is 8.03. The highest BCUT2D eigenvalue weighted by atomic mass is 32.2. The number of tetrazole rings is 1. The summed E-state index contributed by atoms with van der Waals surface area (Å²) in [4.78, 5) is 27.2. The van der Waals surface area contributed by atoms with E-state index < -0.39 is 10.8 Å². The second kappa shape index (κ2) is 6.47. The van der Waals surface area contributed by atoms with Gasteiger partial charge in [-0.3, -0.25) is 14.5 Å². The molecule has 0 saturated heterocycles. The fourth-order valence-electron chi connectivity index (χ4n) is 2.72. The Bertz CT molecular complexity index is 818. The molecule has 0 bridgehead atoms. The first-order chi connectivity index (χ1) is 11.9. The molecule has 1 N–H and O–H groups in total. The third-order valence-electron chi connectivity index (χ3n) is 4.16. The van der Waals surface area contributed by atoms with Gasteiger partial charge in [0.05, 0.1) is 16.6 Å². The van der Waals surface area contributed by atoms with Crippen molar-refractivity contribution in [2.75, 3.05) is 10.2 Å². The Balaban J connectivity index is 1.93. The third kappa shape index (κ3) is 2.99. The molecule has 1 unspecified atom stereocenters. The van der Waals surface area contributed by atoms with Gasteiger partial charge in [-0.05, 0) is 50.3 Å². The molecule has 0 radical (unpaired) electrons. The number of hydrogen-bond acceptors (Lipinski definition) is 6. The van der Waals surface area contributed by atoms with E-state index in [-0.39, 0.29) is 11.8 Å². The number of rotatable bonds is 4. The zero-order valence-electron chi connectivity index (χ0n) is 14.6. The Morgan fingerprint density at radius 2 is 2.08 bits per heavy atom. The average Bonchev–Trinajstić information content (AvgIpc) is 3.02. The Kier molecular flexibility index (Phi) is 4.51.